The van der Waals surface area contributed by atoms with E-state index in [1.807, 2.05) is 6.07 Å². The minimum atomic E-state index is 0.128. The highest BCUT2D eigenvalue weighted by atomic mass is 16.3. The number of hydrogen-bond acceptors (Lipinski definition) is 4. The van der Waals surface area contributed by atoms with E-state index in [1.54, 1.807) is 6.20 Å². The van der Waals surface area contributed by atoms with Gasteiger partial charge in [-0.1, -0.05) is 0 Å². The highest BCUT2D eigenvalue weighted by Gasteiger charge is 2.28. The second-order valence-electron chi connectivity index (χ2n) is 3.84. The Kier molecular flexibility index (Phi) is 1.92. The van der Waals surface area contributed by atoms with Crippen LogP contribution < -0.4 is 0 Å². The highest BCUT2D eigenvalue weighted by molar-refractivity contribution is 5.70. The first-order valence-electron chi connectivity index (χ1n) is 5.19. The maximum Gasteiger partial charge on any atom is 0.182 e. The lowest BCUT2D eigenvalue weighted by atomic mass is 10.4. The van der Waals surface area contributed by atoms with Crippen molar-refractivity contribution < 1.29 is 5.11 Å². The van der Waals surface area contributed by atoms with Gasteiger partial charge >= 0.3 is 0 Å². The average molecular weight is 204 g/mol. The van der Waals surface area contributed by atoms with Gasteiger partial charge < -0.3 is 9.67 Å². The van der Waals surface area contributed by atoms with Crippen LogP contribution in [0.25, 0.3) is 11.2 Å². The third-order valence-electron chi connectivity index (χ3n) is 2.68. The van der Waals surface area contributed by atoms with Gasteiger partial charge in [0, 0.05) is 12.5 Å². The summed E-state index contributed by atoms with van der Waals surface area (Å²) in [6.45, 7) is 0.128. The number of aliphatic hydroxyl groups excluding tert-OH is 1. The molecule has 0 spiro atoms. The molecule has 78 valence electrons. The number of imidazole rings is 1. The monoisotopic (exact) mass is 204 g/mol. The van der Waals surface area contributed by atoms with Gasteiger partial charge in [0.05, 0.1) is 12.8 Å². The van der Waals surface area contributed by atoms with Crippen molar-refractivity contribution in [2.45, 2.75) is 25.3 Å². The first-order valence-corrected chi connectivity index (χ1v) is 5.19. The van der Waals surface area contributed by atoms with E-state index in [1.165, 1.54) is 12.8 Å². The number of nitrogens with zero attached hydrogens (tertiary/aromatic N) is 4. The van der Waals surface area contributed by atoms with E-state index < -0.39 is 0 Å². The van der Waals surface area contributed by atoms with Crippen LogP contribution in [0.3, 0.4) is 0 Å². The maximum absolute atomic E-state index is 8.98. The molecule has 15 heavy (non-hydrogen) atoms. The van der Waals surface area contributed by atoms with E-state index in [2.05, 4.69) is 19.7 Å². The second kappa shape index (κ2) is 3.27. The van der Waals surface area contributed by atoms with Crippen LogP contribution in [-0.4, -0.2) is 31.5 Å². The summed E-state index contributed by atoms with van der Waals surface area (Å²) >= 11 is 0. The van der Waals surface area contributed by atoms with Gasteiger partial charge in [-0.15, -0.1) is 5.10 Å². The Hall–Kier alpha value is -1.49. The number of aromatic nitrogens is 4. The zero-order valence-corrected chi connectivity index (χ0v) is 8.30. The molecule has 3 rings (SSSR count). The zero-order chi connectivity index (χ0) is 10.3. The third-order valence-corrected chi connectivity index (χ3v) is 2.68. The lowest BCUT2D eigenvalue weighted by Gasteiger charge is -2.04. The molecular weight excluding hydrogens is 192 g/mol. The van der Waals surface area contributed by atoms with Crippen LogP contribution in [-0.2, 0) is 6.42 Å². The molecule has 2 heterocycles. The van der Waals surface area contributed by atoms with Crippen molar-refractivity contribution in [3.8, 4) is 0 Å². The van der Waals surface area contributed by atoms with Crippen LogP contribution in [0.5, 0.6) is 0 Å². The van der Waals surface area contributed by atoms with Gasteiger partial charge in [-0.05, 0) is 18.9 Å². The predicted molar refractivity (Wildman–Crippen MR) is 54.4 cm³/mol. The van der Waals surface area contributed by atoms with Crippen LogP contribution in [0.2, 0.25) is 0 Å². The molecule has 0 atom stereocenters. The van der Waals surface area contributed by atoms with Gasteiger partial charge in [0.25, 0.3) is 0 Å². The molecule has 0 aliphatic heterocycles. The average Bonchev–Trinajstić information content (AvgIpc) is 3.01. The van der Waals surface area contributed by atoms with Gasteiger partial charge in [0.15, 0.2) is 5.65 Å². The fourth-order valence-corrected chi connectivity index (χ4v) is 1.88. The van der Waals surface area contributed by atoms with Crippen molar-refractivity contribution in [1.82, 2.24) is 19.7 Å². The molecule has 1 saturated carbocycles. The van der Waals surface area contributed by atoms with Crippen LogP contribution in [0.4, 0.5) is 0 Å². The molecule has 0 unspecified atom stereocenters. The van der Waals surface area contributed by atoms with Crippen LogP contribution >= 0.6 is 0 Å². The van der Waals surface area contributed by atoms with Gasteiger partial charge in [0.2, 0.25) is 0 Å². The topological polar surface area (TPSA) is 63.8 Å². The third kappa shape index (κ3) is 1.39. The van der Waals surface area contributed by atoms with Crippen molar-refractivity contribution in [3.63, 3.8) is 0 Å². The van der Waals surface area contributed by atoms with Crippen molar-refractivity contribution in [1.29, 1.82) is 0 Å². The minimum absolute atomic E-state index is 0.128. The molecule has 0 bridgehead atoms. The van der Waals surface area contributed by atoms with E-state index in [0.717, 1.165) is 17.0 Å². The smallest absolute Gasteiger partial charge is 0.182 e. The molecule has 2 aromatic heterocycles. The Morgan fingerprint density at radius 3 is 3.07 bits per heavy atom. The SMILES string of the molecule is OCCc1nc2ccnnc2n1C1CC1. The maximum atomic E-state index is 8.98. The summed E-state index contributed by atoms with van der Waals surface area (Å²) in [5, 5.41) is 17.0. The molecule has 2 aromatic rings. The van der Waals surface area contributed by atoms with Gasteiger partial charge in [-0.3, -0.25) is 0 Å². The van der Waals surface area contributed by atoms with Crippen LogP contribution in [0.1, 0.15) is 24.7 Å². The van der Waals surface area contributed by atoms with Crippen molar-refractivity contribution in [3.05, 3.63) is 18.1 Å². The molecule has 0 saturated heterocycles. The summed E-state index contributed by atoms with van der Waals surface area (Å²) < 4.78 is 2.12. The standard InChI is InChI=1S/C10H12N4O/c15-6-4-9-12-8-3-5-11-13-10(8)14(9)7-1-2-7/h3,5,7,15H,1-2,4,6H2. The Bertz CT molecular complexity index is 489. The number of aliphatic hydroxyl groups is 1. The normalized spacial score (nSPS) is 16.1. The van der Waals surface area contributed by atoms with E-state index in [9.17, 15) is 0 Å². The number of hydrogen-bond donors (Lipinski definition) is 1. The first-order chi connectivity index (χ1) is 7.40. The van der Waals surface area contributed by atoms with Crippen molar-refractivity contribution >= 4 is 11.2 Å². The van der Waals surface area contributed by atoms with Gasteiger partial charge in [0.1, 0.15) is 11.3 Å². The van der Waals surface area contributed by atoms with Gasteiger partial charge in [-0.2, -0.15) is 5.10 Å². The summed E-state index contributed by atoms with van der Waals surface area (Å²) in [7, 11) is 0. The molecular formula is C10H12N4O. The largest absolute Gasteiger partial charge is 0.396 e. The molecule has 5 nitrogen and oxygen atoms in total. The molecule has 0 aromatic carbocycles. The van der Waals surface area contributed by atoms with Crippen molar-refractivity contribution in [2.24, 2.45) is 0 Å². The summed E-state index contributed by atoms with van der Waals surface area (Å²) in [6, 6.07) is 2.38. The van der Waals surface area contributed by atoms with E-state index in [4.69, 9.17) is 5.11 Å². The Morgan fingerprint density at radius 1 is 1.47 bits per heavy atom. The Balaban J connectivity index is 2.19. The lowest BCUT2D eigenvalue weighted by Crippen LogP contribution is -2.04. The summed E-state index contributed by atoms with van der Waals surface area (Å²) in [4.78, 5) is 4.46. The second-order valence-corrected chi connectivity index (χ2v) is 3.84. The predicted octanol–water partition coefficient (Wildman–Crippen LogP) is 0.696. The number of rotatable bonds is 3. The lowest BCUT2D eigenvalue weighted by molar-refractivity contribution is 0.295. The Morgan fingerprint density at radius 2 is 2.33 bits per heavy atom. The van der Waals surface area contributed by atoms with Gasteiger partial charge in [-0.25, -0.2) is 4.98 Å². The molecule has 1 aliphatic carbocycles. The van der Waals surface area contributed by atoms with Crippen LogP contribution in [0.15, 0.2) is 12.3 Å². The minimum Gasteiger partial charge on any atom is -0.396 e. The number of fused-ring (bicyclic) bond motifs is 1. The van der Waals surface area contributed by atoms with E-state index >= 15 is 0 Å². The summed E-state index contributed by atoms with van der Waals surface area (Å²) in [6.07, 6.45) is 4.60. The molecule has 1 fully saturated rings. The molecule has 0 amide bonds. The highest BCUT2D eigenvalue weighted by Crippen LogP contribution is 2.37. The zero-order valence-electron chi connectivity index (χ0n) is 8.30. The quantitative estimate of drug-likeness (QED) is 0.799. The molecule has 0 radical (unpaired) electrons. The molecule has 5 heteroatoms. The molecule has 1 aliphatic rings. The summed E-state index contributed by atoms with van der Waals surface area (Å²) in [5.41, 5.74) is 1.73. The summed E-state index contributed by atoms with van der Waals surface area (Å²) in [5.74, 6) is 0.926. The fraction of sp³-hybridized carbons (Fsp3) is 0.500. The van der Waals surface area contributed by atoms with Crippen molar-refractivity contribution in [2.75, 3.05) is 6.61 Å². The molecule has 1 N–H and O–H groups in total. The van der Waals surface area contributed by atoms with E-state index in [-0.39, 0.29) is 6.61 Å². The van der Waals surface area contributed by atoms with E-state index in [0.29, 0.717) is 12.5 Å². The first kappa shape index (κ1) is 8.79. The van der Waals surface area contributed by atoms with Crippen LogP contribution in [0, 0.1) is 0 Å². The fourth-order valence-electron chi connectivity index (χ4n) is 1.88. The Labute approximate surface area is 86.8 Å².